The highest BCUT2D eigenvalue weighted by atomic mass is 127. The summed E-state index contributed by atoms with van der Waals surface area (Å²) in [6, 6.07) is 7.39. The second kappa shape index (κ2) is 10.3. The van der Waals surface area contributed by atoms with Crippen LogP contribution in [0.2, 0.25) is 0 Å². The van der Waals surface area contributed by atoms with Gasteiger partial charge in [-0.3, -0.25) is 4.79 Å². The average Bonchev–Trinajstić information content (AvgIpc) is 3.17. The molecule has 3 heterocycles. The number of carbonyl (C=O) groups excluding carboxylic acids is 2. The molecule has 212 valence electrons. The molecule has 2 aliphatic carbocycles. The Balaban J connectivity index is 1.03. The highest BCUT2D eigenvalue weighted by Gasteiger charge is 2.81. The van der Waals surface area contributed by atoms with E-state index >= 15 is 0 Å². The number of amides is 1. The zero-order valence-corrected chi connectivity index (χ0v) is 25.0. The molecule has 40 heavy (non-hydrogen) atoms. The van der Waals surface area contributed by atoms with Crippen LogP contribution in [0.25, 0.3) is 0 Å². The van der Waals surface area contributed by atoms with E-state index in [4.69, 9.17) is 14.2 Å². The number of benzene rings is 1. The molecule has 12 heteroatoms. The third kappa shape index (κ3) is 4.48. The molecule has 2 aliphatic heterocycles. The summed E-state index contributed by atoms with van der Waals surface area (Å²) in [6.45, 7) is 7.16. The number of ether oxygens (including phenoxy) is 3. The lowest BCUT2D eigenvalue weighted by atomic mass is 9.80. The Kier molecular flexibility index (Phi) is 7.06. The van der Waals surface area contributed by atoms with Gasteiger partial charge in [-0.05, 0) is 42.9 Å². The number of rotatable bonds is 8. The molecule has 0 radical (unpaired) electrons. The number of aryl methyl sites for hydroxylation is 1. The summed E-state index contributed by atoms with van der Waals surface area (Å²) >= 11 is 3.11. The summed E-state index contributed by atoms with van der Waals surface area (Å²) in [5, 5.41) is 2.79. The van der Waals surface area contributed by atoms with Crippen LogP contribution in [0.5, 0.6) is 0 Å². The number of fused-ring (bicyclic) bond motifs is 1. The number of hydrogen-bond donors (Lipinski definition) is 1. The van der Waals surface area contributed by atoms with Crippen molar-refractivity contribution >= 4 is 46.2 Å². The van der Waals surface area contributed by atoms with Gasteiger partial charge in [0.15, 0.2) is 0 Å². The average molecular weight is 680 g/mol. The summed E-state index contributed by atoms with van der Waals surface area (Å²) in [5.74, 6) is -0.413. The van der Waals surface area contributed by atoms with E-state index < -0.39 is 11.7 Å². The van der Waals surface area contributed by atoms with Crippen molar-refractivity contribution in [1.29, 1.82) is 0 Å². The molecule has 1 N–H and O–H groups in total. The maximum Gasteiger partial charge on any atom is 0.407 e. The van der Waals surface area contributed by atoms with E-state index in [0.717, 1.165) is 45.5 Å². The number of hydrogen-bond acceptors (Lipinski definition) is 8. The van der Waals surface area contributed by atoms with Crippen LogP contribution in [-0.2, 0) is 38.6 Å². The zero-order chi connectivity index (χ0) is 28.2. The van der Waals surface area contributed by atoms with Gasteiger partial charge in [-0.25, -0.2) is 22.9 Å². The van der Waals surface area contributed by atoms with E-state index in [9.17, 15) is 19.2 Å². The molecule has 0 bridgehead atoms. The van der Waals surface area contributed by atoms with Crippen LogP contribution in [-0.4, -0.2) is 48.9 Å². The first-order valence-corrected chi connectivity index (χ1v) is 15.6. The number of esters is 1. The van der Waals surface area contributed by atoms with E-state index in [-0.39, 0.29) is 59.8 Å². The van der Waals surface area contributed by atoms with Crippen molar-refractivity contribution < 1.29 is 23.8 Å². The lowest BCUT2D eigenvalue weighted by molar-refractivity contribution is -0.141. The quantitative estimate of drug-likeness (QED) is 0.114. The van der Waals surface area contributed by atoms with E-state index in [0.29, 0.717) is 18.5 Å². The Hall–Kier alpha value is -2.71. The number of allylic oxidation sites excluding steroid dienone is 1. The van der Waals surface area contributed by atoms with Gasteiger partial charge < -0.3 is 19.5 Å². The van der Waals surface area contributed by atoms with Gasteiger partial charge in [0.05, 0.1) is 12.1 Å². The predicted molar refractivity (Wildman–Crippen MR) is 156 cm³/mol. The van der Waals surface area contributed by atoms with Gasteiger partial charge in [-0.1, -0.05) is 59.5 Å². The number of halogens is 1. The standard InChI is InChI=1S/C28H30IN3O7S/c1-16-20-12-21-19(4-3-9-27(2)28(21,39-27)22(20)38-23(16)33)15-37-24(34)30-13-17-5-7-18(8-6-17)14-31-25(35)32(11-10-29)40-26(31)36/h4-8,20-22H,1,3,9-15H2,2H3,(H,30,34)/t20-,21?,22-,27+,28-/m0/s1. The number of carbonyl (C=O) groups is 2. The molecule has 2 saturated heterocycles. The van der Waals surface area contributed by atoms with Crippen molar-refractivity contribution in [3.05, 3.63) is 79.3 Å². The highest BCUT2D eigenvalue weighted by Crippen LogP contribution is 2.69. The van der Waals surface area contributed by atoms with E-state index in [1.807, 2.05) is 24.3 Å². The monoisotopic (exact) mass is 679 g/mol. The van der Waals surface area contributed by atoms with Crippen molar-refractivity contribution in [2.75, 3.05) is 11.0 Å². The normalized spacial score (nSPS) is 30.1. The summed E-state index contributed by atoms with van der Waals surface area (Å²) < 4.78 is 21.1. The minimum Gasteiger partial charge on any atom is -0.455 e. The number of nitrogens with one attached hydrogen (secondary N) is 1. The Bertz CT molecular complexity index is 1530. The Labute approximate surface area is 248 Å². The molecule has 10 nitrogen and oxygen atoms in total. The number of alkyl halides is 1. The SMILES string of the molecule is C=C1C(=O)O[C@H]2[C@H]1CC1C(COC(=O)NCc3ccc(Cn4c(=O)sn(CCI)c4=O)cc3)=CCC[C@@]3(C)O[C@@]123. The lowest BCUT2D eigenvalue weighted by Crippen LogP contribution is -2.39. The molecule has 1 spiro atoms. The van der Waals surface area contributed by atoms with Crippen molar-refractivity contribution in [1.82, 2.24) is 13.8 Å². The van der Waals surface area contributed by atoms with E-state index in [1.165, 1.54) is 8.52 Å². The number of nitrogens with zero attached hydrogens (tertiary/aromatic N) is 2. The van der Waals surface area contributed by atoms with Crippen molar-refractivity contribution in [3.8, 4) is 0 Å². The van der Waals surface area contributed by atoms with Crippen molar-refractivity contribution in [2.24, 2.45) is 11.8 Å². The molecule has 1 aromatic carbocycles. The molecule has 1 unspecified atom stereocenters. The Morgan fingerprint density at radius 1 is 1.25 bits per heavy atom. The second-order valence-corrected chi connectivity index (χ2v) is 13.0. The van der Waals surface area contributed by atoms with Crippen molar-refractivity contribution in [2.45, 2.75) is 63.1 Å². The number of alkyl carbamates (subject to hydrolysis) is 1. The lowest BCUT2D eigenvalue weighted by Gasteiger charge is -2.24. The molecule has 5 atom stereocenters. The van der Waals surface area contributed by atoms with Crippen LogP contribution in [0.4, 0.5) is 4.79 Å². The van der Waals surface area contributed by atoms with Crippen LogP contribution in [0, 0.1) is 11.8 Å². The van der Waals surface area contributed by atoms with E-state index in [2.05, 4.69) is 47.5 Å². The predicted octanol–water partition coefficient (Wildman–Crippen LogP) is 3.15. The maximum atomic E-state index is 12.6. The first-order valence-electron chi connectivity index (χ1n) is 13.3. The van der Waals surface area contributed by atoms with Crippen LogP contribution in [0.15, 0.2) is 57.7 Å². The topological polar surface area (TPSA) is 121 Å². The Morgan fingerprint density at radius 3 is 2.75 bits per heavy atom. The van der Waals surface area contributed by atoms with Crippen LogP contribution in [0.3, 0.4) is 0 Å². The molecular weight excluding hydrogens is 649 g/mol. The molecule has 4 aliphatic rings. The third-order valence-corrected chi connectivity index (χ3v) is 10.1. The molecule has 1 aromatic heterocycles. The highest BCUT2D eigenvalue weighted by molar-refractivity contribution is 14.1. The molecule has 1 saturated carbocycles. The van der Waals surface area contributed by atoms with Gasteiger partial charge in [0.25, 0.3) is 0 Å². The van der Waals surface area contributed by atoms with Crippen molar-refractivity contribution in [3.63, 3.8) is 0 Å². The summed E-state index contributed by atoms with van der Waals surface area (Å²) in [7, 11) is 0. The summed E-state index contributed by atoms with van der Waals surface area (Å²) in [6.07, 6.45) is 3.58. The minimum atomic E-state index is -0.576. The number of epoxide rings is 1. The van der Waals surface area contributed by atoms with Gasteiger partial charge in [-0.15, -0.1) is 0 Å². The fraction of sp³-hybridized carbons (Fsp3) is 0.500. The van der Waals surface area contributed by atoms with Gasteiger partial charge in [0.2, 0.25) is 0 Å². The third-order valence-electron chi connectivity index (χ3n) is 8.70. The molecule has 1 amide bonds. The van der Waals surface area contributed by atoms with E-state index in [1.54, 1.807) is 0 Å². The van der Waals surface area contributed by atoms with Gasteiger partial charge in [0, 0.05) is 46.5 Å². The molecule has 6 rings (SSSR count). The largest absolute Gasteiger partial charge is 0.455 e. The van der Waals surface area contributed by atoms with Gasteiger partial charge in [0.1, 0.15) is 18.3 Å². The molecule has 3 fully saturated rings. The summed E-state index contributed by atoms with van der Waals surface area (Å²) in [4.78, 5) is 49.1. The molecular formula is C28H30IN3O7S. The zero-order valence-electron chi connectivity index (χ0n) is 22.0. The minimum absolute atomic E-state index is 0.00150. The van der Waals surface area contributed by atoms with Crippen LogP contribution < -0.4 is 15.9 Å². The van der Waals surface area contributed by atoms with Crippen LogP contribution in [0.1, 0.15) is 37.3 Å². The first-order chi connectivity index (χ1) is 19.2. The Morgan fingerprint density at radius 2 is 2.00 bits per heavy atom. The second-order valence-electron chi connectivity index (χ2n) is 11.0. The summed E-state index contributed by atoms with van der Waals surface area (Å²) in [5.41, 5.74) is 1.96. The first kappa shape index (κ1) is 27.5. The fourth-order valence-electron chi connectivity index (χ4n) is 6.61. The number of aromatic nitrogens is 2. The smallest absolute Gasteiger partial charge is 0.407 e. The van der Waals surface area contributed by atoms with Gasteiger partial charge >= 0.3 is 22.6 Å². The fourth-order valence-corrected chi connectivity index (χ4v) is 8.20. The van der Waals surface area contributed by atoms with Gasteiger partial charge in [-0.2, -0.15) is 0 Å². The molecule has 2 aromatic rings. The maximum absolute atomic E-state index is 12.6. The van der Waals surface area contributed by atoms with Crippen LogP contribution >= 0.6 is 34.1 Å².